The number of thioether (sulfide) groups is 1. The molecule has 0 saturated carbocycles. The minimum Gasteiger partial charge on any atom is -0.367 e. The molecular weight excluding hydrogens is 344 g/mol. The maximum atomic E-state index is 12.9. The first kappa shape index (κ1) is 17.0. The molecule has 2 N–H and O–H groups in total. The number of thiophene rings is 1. The fraction of sp³-hybridized carbons (Fsp3) is 0.294. The molecule has 1 aliphatic heterocycles. The number of amides is 2. The van der Waals surface area contributed by atoms with E-state index in [1.807, 2.05) is 35.7 Å². The zero-order valence-electron chi connectivity index (χ0n) is 13.0. The number of nitrogens with zero attached hydrogens (tertiary/aromatic N) is 1. The van der Waals surface area contributed by atoms with Gasteiger partial charge in [0.15, 0.2) is 6.10 Å². The van der Waals surface area contributed by atoms with E-state index in [1.165, 1.54) is 4.88 Å². The van der Waals surface area contributed by atoms with E-state index in [1.54, 1.807) is 28.0 Å². The summed E-state index contributed by atoms with van der Waals surface area (Å²) in [6, 6.07) is 11.7. The summed E-state index contributed by atoms with van der Waals surface area (Å²) in [5.41, 5.74) is 5.95. The van der Waals surface area contributed by atoms with E-state index in [-0.39, 0.29) is 12.5 Å². The molecule has 7 heteroatoms. The minimum atomic E-state index is -0.728. The Balaban J connectivity index is 1.73. The van der Waals surface area contributed by atoms with Gasteiger partial charge in [0.2, 0.25) is 5.91 Å². The number of carbonyl (C=O) groups excluding carboxylic acids is 2. The summed E-state index contributed by atoms with van der Waals surface area (Å²) in [5.74, 6) is 0.210. The van der Waals surface area contributed by atoms with Crippen molar-refractivity contribution in [3.63, 3.8) is 0 Å². The Kier molecular flexibility index (Phi) is 5.55. The predicted octanol–water partition coefficient (Wildman–Crippen LogP) is 2.37. The molecule has 0 unspecified atom stereocenters. The lowest BCUT2D eigenvalue weighted by molar-refractivity contribution is -0.133. The highest BCUT2D eigenvalue weighted by molar-refractivity contribution is 7.98. The molecule has 1 aliphatic rings. The van der Waals surface area contributed by atoms with Crippen LogP contribution in [-0.4, -0.2) is 42.5 Å². The molecule has 0 bridgehead atoms. The van der Waals surface area contributed by atoms with E-state index in [0.717, 1.165) is 10.6 Å². The second-order valence-corrected chi connectivity index (χ2v) is 7.43. The van der Waals surface area contributed by atoms with Gasteiger partial charge in [-0.3, -0.25) is 9.59 Å². The third-order valence-corrected chi connectivity index (χ3v) is 5.92. The Morgan fingerprint density at radius 3 is 2.88 bits per heavy atom. The topological polar surface area (TPSA) is 72.6 Å². The fourth-order valence-corrected chi connectivity index (χ4v) is 4.31. The van der Waals surface area contributed by atoms with Gasteiger partial charge in [-0.15, -0.1) is 23.1 Å². The smallest absolute Gasteiger partial charge is 0.255 e. The van der Waals surface area contributed by atoms with Crippen LogP contribution in [0.15, 0.2) is 46.7 Å². The maximum absolute atomic E-state index is 12.9. The molecule has 0 aliphatic carbocycles. The van der Waals surface area contributed by atoms with Gasteiger partial charge >= 0.3 is 0 Å². The fourth-order valence-electron chi connectivity index (χ4n) is 2.49. The molecule has 0 radical (unpaired) electrons. The van der Waals surface area contributed by atoms with Crippen LogP contribution in [0.2, 0.25) is 0 Å². The molecule has 3 rings (SSSR count). The standard InChI is InChI=1S/C17H18N2O3S2/c18-16(20)14-10-19(7-8-22-14)17(21)13-5-1-2-6-15(13)24-11-12-4-3-9-23-12/h1-6,9,14H,7-8,10-11H2,(H2,18,20)/t14-/m0/s1. The maximum Gasteiger partial charge on any atom is 0.255 e. The zero-order chi connectivity index (χ0) is 16.9. The number of hydrogen-bond acceptors (Lipinski definition) is 5. The normalized spacial score (nSPS) is 17.7. The number of primary amides is 1. The Morgan fingerprint density at radius 1 is 1.29 bits per heavy atom. The Bertz CT molecular complexity index is 718. The van der Waals surface area contributed by atoms with Crippen LogP contribution in [-0.2, 0) is 15.3 Å². The Morgan fingerprint density at radius 2 is 2.12 bits per heavy atom. The number of ether oxygens (including phenoxy) is 1. The predicted molar refractivity (Wildman–Crippen MR) is 95.2 cm³/mol. The van der Waals surface area contributed by atoms with Crippen molar-refractivity contribution in [3.8, 4) is 0 Å². The van der Waals surface area contributed by atoms with Crippen molar-refractivity contribution in [3.05, 3.63) is 52.2 Å². The van der Waals surface area contributed by atoms with Crippen LogP contribution in [0.3, 0.4) is 0 Å². The molecule has 2 aromatic rings. The molecule has 1 atom stereocenters. The SMILES string of the molecule is NC(=O)[C@@H]1CN(C(=O)c2ccccc2SCc2cccs2)CCO1. The van der Waals surface area contributed by atoms with Crippen molar-refractivity contribution in [2.24, 2.45) is 5.73 Å². The highest BCUT2D eigenvalue weighted by Crippen LogP contribution is 2.29. The van der Waals surface area contributed by atoms with Crippen molar-refractivity contribution >= 4 is 34.9 Å². The van der Waals surface area contributed by atoms with E-state index in [9.17, 15) is 9.59 Å². The summed E-state index contributed by atoms with van der Waals surface area (Å²) >= 11 is 3.35. The van der Waals surface area contributed by atoms with Crippen LogP contribution >= 0.6 is 23.1 Å². The lowest BCUT2D eigenvalue weighted by Crippen LogP contribution is -2.50. The van der Waals surface area contributed by atoms with Gasteiger partial charge in [0.25, 0.3) is 5.91 Å². The summed E-state index contributed by atoms with van der Waals surface area (Å²) in [4.78, 5) is 28.0. The van der Waals surface area contributed by atoms with Crippen LogP contribution in [0.4, 0.5) is 0 Å². The number of carbonyl (C=O) groups is 2. The summed E-state index contributed by atoms with van der Waals surface area (Å²) in [7, 11) is 0. The summed E-state index contributed by atoms with van der Waals surface area (Å²) in [6.45, 7) is 0.995. The number of nitrogens with two attached hydrogens (primary N) is 1. The quantitative estimate of drug-likeness (QED) is 0.829. The first-order valence-corrected chi connectivity index (χ1v) is 9.46. The molecule has 0 spiro atoms. The molecule has 2 amide bonds. The molecule has 1 saturated heterocycles. The monoisotopic (exact) mass is 362 g/mol. The first-order chi connectivity index (χ1) is 11.6. The van der Waals surface area contributed by atoms with Crippen molar-refractivity contribution in [2.75, 3.05) is 19.7 Å². The van der Waals surface area contributed by atoms with Gasteiger partial charge in [-0.05, 0) is 23.6 Å². The second-order valence-electron chi connectivity index (χ2n) is 5.38. The van der Waals surface area contributed by atoms with Gasteiger partial charge in [0.05, 0.1) is 18.7 Å². The van der Waals surface area contributed by atoms with Crippen molar-refractivity contribution < 1.29 is 14.3 Å². The zero-order valence-corrected chi connectivity index (χ0v) is 14.6. The van der Waals surface area contributed by atoms with Gasteiger partial charge in [-0.1, -0.05) is 18.2 Å². The molecule has 1 fully saturated rings. The molecule has 1 aromatic heterocycles. The number of rotatable bonds is 5. The first-order valence-electron chi connectivity index (χ1n) is 7.59. The van der Waals surface area contributed by atoms with E-state index >= 15 is 0 Å². The van der Waals surface area contributed by atoms with E-state index in [4.69, 9.17) is 10.5 Å². The lowest BCUT2D eigenvalue weighted by atomic mass is 10.1. The van der Waals surface area contributed by atoms with Crippen LogP contribution in [0, 0.1) is 0 Å². The van der Waals surface area contributed by atoms with Gasteiger partial charge in [-0.2, -0.15) is 0 Å². The molecule has 24 heavy (non-hydrogen) atoms. The van der Waals surface area contributed by atoms with Crippen LogP contribution in [0.25, 0.3) is 0 Å². The summed E-state index contributed by atoms with van der Waals surface area (Å²) < 4.78 is 5.31. The van der Waals surface area contributed by atoms with Crippen molar-refractivity contribution in [1.29, 1.82) is 0 Å². The number of benzene rings is 1. The van der Waals surface area contributed by atoms with Crippen LogP contribution in [0.1, 0.15) is 15.2 Å². The Labute approximate surface area is 148 Å². The van der Waals surface area contributed by atoms with E-state index < -0.39 is 12.0 Å². The average molecular weight is 362 g/mol. The molecule has 5 nitrogen and oxygen atoms in total. The van der Waals surface area contributed by atoms with E-state index in [2.05, 4.69) is 6.07 Å². The Hall–Kier alpha value is -1.83. The van der Waals surface area contributed by atoms with Crippen LogP contribution < -0.4 is 5.73 Å². The van der Waals surface area contributed by atoms with Gasteiger partial charge < -0.3 is 15.4 Å². The highest BCUT2D eigenvalue weighted by atomic mass is 32.2. The van der Waals surface area contributed by atoms with Crippen molar-refractivity contribution in [2.45, 2.75) is 16.8 Å². The highest BCUT2D eigenvalue weighted by Gasteiger charge is 2.29. The van der Waals surface area contributed by atoms with Gasteiger partial charge in [0, 0.05) is 22.1 Å². The van der Waals surface area contributed by atoms with E-state index in [0.29, 0.717) is 18.7 Å². The molecule has 126 valence electrons. The van der Waals surface area contributed by atoms with Crippen LogP contribution in [0.5, 0.6) is 0 Å². The molecule has 1 aromatic carbocycles. The van der Waals surface area contributed by atoms with Crippen molar-refractivity contribution in [1.82, 2.24) is 4.90 Å². The largest absolute Gasteiger partial charge is 0.367 e. The third kappa shape index (κ3) is 3.98. The molecular formula is C17H18N2O3S2. The van der Waals surface area contributed by atoms with Gasteiger partial charge in [0.1, 0.15) is 0 Å². The number of morpholine rings is 1. The third-order valence-electron chi connectivity index (χ3n) is 3.74. The van der Waals surface area contributed by atoms with Gasteiger partial charge in [-0.25, -0.2) is 0 Å². The average Bonchev–Trinajstić information content (AvgIpc) is 3.13. The summed E-state index contributed by atoms with van der Waals surface area (Å²) in [5, 5.41) is 2.05. The molecule has 2 heterocycles. The minimum absolute atomic E-state index is 0.0844. The lowest BCUT2D eigenvalue weighted by Gasteiger charge is -2.31. The summed E-state index contributed by atoms with van der Waals surface area (Å²) in [6.07, 6.45) is -0.728. The number of hydrogen-bond donors (Lipinski definition) is 1. The second kappa shape index (κ2) is 7.83.